The van der Waals surface area contributed by atoms with Gasteiger partial charge in [0.05, 0.1) is 0 Å². The van der Waals surface area contributed by atoms with Gasteiger partial charge in [0, 0.05) is 10.9 Å². The van der Waals surface area contributed by atoms with Crippen LogP contribution in [0.15, 0.2) is 30.6 Å². The summed E-state index contributed by atoms with van der Waals surface area (Å²) in [7, 11) is 0. The van der Waals surface area contributed by atoms with Gasteiger partial charge in [-0.25, -0.2) is 9.67 Å². The molecule has 5 nitrogen and oxygen atoms in total. The van der Waals surface area contributed by atoms with E-state index in [1.54, 1.807) is 31.2 Å². The average molecular weight is 294 g/mol. The van der Waals surface area contributed by atoms with Crippen LogP contribution in [0, 0.1) is 12.8 Å². The first-order valence-corrected chi connectivity index (χ1v) is 6.69. The minimum Gasteiger partial charge on any atom is -0.461 e. The summed E-state index contributed by atoms with van der Waals surface area (Å²) in [5.41, 5.74) is 0. The second kappa shape index (κ2) is 6.05. The van der Waals surface area contributed by atoms with Gasteiger partial charge in [0.25, 0.3) is 6.23 Å². The number of ether oxygens (including phenoxy) is 1. The highest BCUT2D eigenvalue weighted by atomic mass is 35.5. The van der Waals surface area contributed by atoms with Crippen molar-refractivity contribution in [3.8, 4) is 5.75 Å². The number of carbonyl (C=O) groups excluding carboxylic acids is 1. The number of nitrogens with zero attached hydrogens (tertiary/aromatic N) is 3. The van der Waals surface area contributed by atoms with Crippen LogP contribution in [0.25, 0.3) is 0 Å². The van der Waals surface area contributed by atoms with Crippen molar-refractivity contribution in [2.24, 2.45) is 5.92 Å². The minimum absolute atomic E-state index is 0.0650. The lowest BCUT2D eigenvalue weighted by molar-refractivity contribution is -0.133. The second-order valence-electron chi connectivity index (χ2n) is 4.75. The van der Waals surface area contributed by atoms with Crippen molar-refractivity contribution in [3.05, 3.63) is 41.4 Å². The van der Waals surface area contributed by atoms with E-state index in [9.17, 15) is 4.79 Å². The predicted octanol–water partition coefficient (Wildman–Crippen LogP) is 3.04. The summed E-state index contributed by atoms with van der Waals surface area (Å²) < 4.78 is 7.18. The lowest BCUT2D eigenvalue weighted by Crippen LogP contribution is -2.29. The van der Waals surface area contributed by atoms with E-state index in [4.69, 9.17) is 16.3 Å². The molecule has 0 spiro atoms. The van der Waals surface area contributed by atoms with Crippen molar-refractivity contribution in [3.63, 3.8) is 0 Å². The Balaban J connectivity index is 2.27. The SMILES string of the molecule is Cc1ncn(C(Oc2ccc(Cl)cc2)C(=O)C(C)C)n1. The lowest BCUT2D eigenvalue weighted by atomic mass is 10.1. The maximum absolute atomic E-state index is 12.3. The van der Waals surface area contributed by atoms with E-state index in [-0.39, 0.29) is 11.7 Å². The number of rotatable bonds is 5. The minimum atomic E-state index is -0.822. The van der Waals surface area contributed by atoms with E-state index in [0.29, 0.717) is 16.6 Å². The summed E-state index contributed by atoms with van der Waals surface area (Å²) in [4.78, 5) is 16.3. The molecular weight excluding hydrogens is 278 g/mol. The second-order valence-corrected chi connectivity index (χ2v) is 5.19. The van der Waals surface area contributed by atoms with Crippen molar-refractivity contribution in [1.29, 1.82) is 0 Å². The van der Waals surface area contributed by atoms with E-state index >= 15 is 0 Å². The third-order valence-corrected chi connectivity index (χ3v) is 2.99. The molecular formula is C14H16ClN3O2. The molecule has 1 unspecified atom stereocenters. The molecule has 0 fully saturated rings. The Hall–Kier alpha value is -1.88. The Kier molecular flexibility index (Phi) is 4.39. The molecule has 0 bridgehead atoms. The van der Waals surface area contributed by atoms with Crippen molar-refractivity contribution in [2.45, 2.75) is 27.0 Å². The molecule has 2 rings (SSSR count). The standard InChI is InChI=1S/C14H16ClN3O2/c1-9(2)13(19)14(18-8-16-10(3)17-18)20-12-6-4-11(15)5-7-12/h4-9,14H,1-3H3. The molecule has 0 aliphatic heterocycles. The smallest absolute Gasteiger partial charge is 0.251 e. The lowest BCUT2D eigenvalue weighted by Gasteiger charge is -2.19. The Labute approximate surface area is 122 Å². The average Bonchev–Trinajstić information content (AvgIpc) is 2.83. The predicted molar refractivity (Wildman–Crippen MR) is 75.7 cm³/mol. The summed E-state index contributed by atoms with van der Waals surface area (Å²) in [6.07, 6.45) is 0.674. The molecule has 1 atom stereocenters. The Morgan fingerprint density at radius 1 is 1.30 bits per heavy atom. The number of benzene rings is 1. The van der Waals surface area contributed by atoms with Crippen LogP contribution < -0.4 is 4.74 Å². The molecule has 1 aromatic heterocycles. The van der Waals surface area contributed by atoms with E-state index in [1.807, 2.05) is 13.8 Å². The van der Waals surface area contributed by atoms with E-state index in [0.717, 1.165) is 0 Å². The molecule has 0 aliphatic carbocycles. The van der Waals surface area contributed by atoms with Gasteiger partial charge in [-0.1, -0.05) is 25.4 Å². The normalized spacial score (nSPS) is 12.4. The van der Waals surface area contributed by atoms with Crippen molar-refractivity contribution >= 4 is 17.4 Å². The molecule has 1 heterocycles. The summed E-state index contributed by atoms with van der Waals surface area (Å²) >= 11 is 5.83. The molecule has 20 heavy (non-hydrogen) atoms. The third kappa shape index (κ3) is 3.36. The van der Waals surface area contributed by atoms with E-state index < -0.39 is 6.23 Å². The van der Waals surface area contributed by atoms with Crippen LogP contribution in [0.3, 0.4) is 0 Å². The summed E-state index contributed by atoms with van der Waals surface area (Å²) in [5, 5.41) is 4.77. The zero-order valence-corrected chi connectivity index (χ0v) is 12.3. The van der Waals surface area contributed by atoms with Gasteiger partial charge in [-0.2, -0.15) is 5.10 Å². The number of aromatic nitrogens is 3. The van der Waals surface area contributed by atoms with Crippen LogP contribution in [0.5, 0.6) is 5.75 Å². The molecule has 0 radical (unpaired) electrons. The fourth-order valence-corrected chi connectivity index (χ4v) is 1.77. The quantitative estimate of drug-likeness (QED) is 0.850. The number of aryl methyl sites for hydroxylation is 1. The zero-order chi connectivity index (χ0) is 14.7. The molecule has 1 aromatic carbocycles. The van der Waals surface area contributed by atoms with Crippen molar-refractivity contribution in [2.75, 3.05) is 0 Å². The first-order chi connectivity index (χ1) is 9.47. The maximum atomic E-state index is 12.3. The third-order valence-electron chi connectivity index (χ3n) is 2.74. The topological polar surface area (TPSA) is 57.0 Å². The fraction of sp³-hybridized carbons (Fsp3) is 0.357. The molecule has 0 N–H and O–H groups in total. The largest absolute Gasteiger partial charge is 0.461 e. The molecule has 106 valence electrons. The van der Waals surface area contributed by atoms with Crippen LogP contribution >= 0.6 is 11.6 Å². The van der Waals surface area contributed by atoms with Gasteiger partial charge in [-0.3, -0.25) is 4.79 Å². The molecule has 0 saturated carbocycles. The van der Waals surface area contributed by atoms with Crippen LogP contribution in [0.1, 0.15) is 25.9 Å². The van der Waals surface area contributed by atoms with Gasteiger partial charge in [-0.15, -0.1) is 0 Å². The molecule has 0 aliphatic rings. The van der Waals surface area contributed by atoms with E-state index in [1.165, 1.54) is 11.0 Å². The Bertz CT molecular complexity index is 593. The van der Waals surface area contributed by atoms with Gasteiger partial charge < -0.3 is 4.74 Å². The van der Waals surface area contributed by atoms with Crippen LogP contribution in [0.4, 0.5) is 0 Å². The van der Waals surface area contributed by atoms with Crippen molar-refractivity contribution in [1.82, 2.24) is 14.8 Å². The maximum Gasteiger partial charge on any atom is 0.251 e. The molecule has 0 amide bonds. The highest BCUT2D eigenvalue weighted by Crippen LogP contribution is 2.22. The van der Waals surface area contributed by atoms with Gasteiger partial charge in [-0.05, 0) is 31.2 Å². The van der Waals surface area contributed by atoms with Crippen molar-refractivity contribution < 1.29 is 9.53 Å². The number of hydrogen-bond acceptors (Lipinski definition) is 4. The first-order valence-electron chi connectivity index (χ1n) is 6.31. The Morgan fingerprint density at radius 2 is 1.95 bits per heavy atom. The molecule has 0 saturated heterocycles. The number of carbonyl (C=O) groups is 1. The van der Waals surface area contributed by atoms with Gasteiger partial charge in [0.15, 0.2) is 5.78 Å². The number of halogens is 1. The van der Waals surface area contributed by atoms with Gasteiger partial charge >= 0.3 is 0 Å². The molecule has 2 aromatic rings. The highest BCUT2D eigenvalue weighted by molar-refractivity contribution is 6.30. The summed E-state index contributed by atoms with van der Waals surface area (Å²) in [5.74, 6) is 0.912. The molecule has 6 heteroatoms. The van der Waals surface area contributed by atoms with Crippen LogP contribution in [-0.4, -0.2) is 20.5 Å². The van der Waals surface area contributed by atoms with Gasteiger partial charge in [0.1, 0.15) is 17.9 Å². The van der Waals surface area contributed by atoms with Crippen LogP contribution in [0.2, 0.25) is 5.02 Å². The van der Waals surface area contributed by atoms with E-state index in [2.05, 4.69) is 10.1 Å². The monoisotopic (exact) mass is 293 g/mol. The highest BCUT2D eigenvalue weighted by Gasteiger charge is 2.26. The van der Waals surface area contributed by atoms with Gasteiger partial charge in [0.2, 0.25) is 0 Å². The first kappa shape index (κ1) is 14.5. The summed E-state index contributed by atoms with van der Waals surface area (Å²) in [6.45, 7) is 5.41. The Morgan fingerprint density at radius 3 is 2.45 bits per heavy atom. The summed E-state index contributed by atoms with van der Waals surface area (Å²) in [6, 6.07) is 6.85. The zero-order valence-electron chi connectivity index (χ0n) is 11.6. The number of hydrogen-bond donors (Lipinski definition) is 0. The fourth-order valence-electron chi connectivity index (χ4n) is 1.64. The number of Topliss-reactive ketones (excluding diaryl/α,β-unsaturated/α-hetero) is 1. The van der Waals surface area contributed by atoms with Crippen LogP contribution in [-0.2, 0) is 4.79 Å². The number of ketones is 1.